The van der Waals surface area contributed by atoms with Gasteiger partial charge in [-0.15, -0.1) is 0 Å². The molecule has 6 aliphatic rings. The summed E-state index contributed by atoms with van der Waals surface area (Å²) in [5, 5.41) is 0. The van der Waals surface area contributed by atoms with Crippen molar-refractivity contribution in [2.45, 2.75) is 78.6 Å². The van der Waals surface area contributed by atoms with Gasteiger partial charge in [0.15, 0.2) is 0 Å². The summed E-state index contributed by atoms with van der Waals surface area (Å²) in [6, 6.07) is 45.7. The Bertz CT molecular complexity index is 2300. The van der Waals surface area contributed by atoms with Crippen molar-refractivity contribution in [2.24, 2.45) is 0 Å². The number of benzene rings is 1. The van der Waals surface area contributed by atoms with E-state index in [0.29, 0.717) is 0 Å². The zero-order valence-electron chi connectivity index (χ0n) is 33.1. The summed E-state index contributed by atoms with van der Waals surface area (Å²) in [6.07, 6.45) is 0. The lowest BCUT2D eigenvalue weighted by Gasteiger charge is -2.17. The van der Waals surface area contributed by atoms with Crippen LogP contribution >= 0.6 is 0 Å². The van der Waals surface area contributed by atoms with E-state index in [1.165, 1.54) is 33.4 Å². The number of fused-ring (bicyclic) bond motifs is 3. The molecule has 264 valence electrons. The minimum absolute atomic E-state index is 0.0740. The smallest absolute Gasteiger partial charge is 0.0327 e. The number of rotatable bonds is 0. The molecule has 54 heavy (non-hydrogen) atoms. The minimum Gasteiger partial charge on any atom is -0.0615 e. The van der Waals surface area contributed by atoms with Gasteiger partial charge >= 0.3 is 0 Å². The van der Waals surface area contributed by atoms with Crippen molar-refractivity contribution in [3.63, 3.8) is 0 Å². The maximum atomic E-state index is 3.49. The zero-order chi connectivity index (χ0) is 38.3. The molecule has 0 aromatic heterocycles. The van der Waals surface area contributed by atoms with Gasteiger partial charge in [0.25, 0.3) is 0 Å². The third-order valence-corrected chi connectivity index (χ3v) is 10.3. The van der Waals surface area contributed by atoms with Crippen LogP contribution in [0.15, 0.2) is 127 Å². The van der Waals surface area contributed by atoms with E-state index in [1.807, 2.05) is 0 Å². The highest BCUT2D eigenvalue weighted by atomic mass is 14.2. The first kappa shape index (κ1) is 36.4. The quantitative estimate of drug-likeness (QED) is 0.139. The van der Waals surface area contributed by atoms with Crippen LogP contribution < -0.4 is 0 Å². The molecular weight excluding hydrogens is 649 g/mol. The van der Waals surface area contributed by atoms with Crippen molar-refractivity contribution >= 4 is 0 Å². The molecule has 0 fully saturated rings. The lowest BCUT2D eigenvalue weighted by Crippen LogP contribution is -2.09. The number of hydrogen-bond acceptors (Lipinski definition) is 0. The van der Waals surface area contributed by atoms with Gasteiger partial charge in [0.1, 0.15) is 0 Å². The van der Waals surface area contributed by atoms with E-state index in [1.54, 1.807) is 0 Å². The highest BCUT2D eigenvalue weighted by Gasteiger charge is 2.17. The van der Waals surface area contributed by atoms with E-state index >= 15 is 0 Å². The first-order valence-electron chi connectivity index (χ1n) is 18.9. The predicted molar refractivity (Wildman–Crippen MR) is 230 cm³/mol. The molecule has 0 atom stereocenters. The molecule has 6 aliphatic carbocycles. The summed E-state index contributed by atoms with van der Waals surface area (Å²) in [7, 11) is 0. The van der Waals surface area contributed by atoms with Gasteiger partial charge in [0.05, 0.1) is 0 Å². The van der Waals surface area contributed by atoms with Crippen LogP contribution in [0.25, 0.3) is 33.4 Å². The molecule has 0 N–H and O–H groups in total. The molecule has 0 heterocycles. The van der Waals surface area contributed by atoms with Crippen LogP contribution in [0.3, 0.4) is 0 Å². The summed E-state index contributed by atoms with van der Waals surface area (Å²) in [4.78, 5) is 0. The maximum absolute atomic E-state index is 3.49. The molecule has 1 aromatic carbocycles. The molecule has 0 radical (unpaired) electrons. The fraction of sp³-hybridized carbons (Fsp3) is 0.222. The summed E-state index contributed by atoms with van der Waals surface area (Å²) in [6.45, 7) is 20.2. The Morgan fingerprint density at radius 3 is 0.778 bits per heavy atom. The topological polar surface area (TPSA) is 0 Å². The van der Waals surface area contributed by atoms with Crippen LogP contribution in [0.2, 0.25) is 0 Å². The Balaban J connectivity index is 1.29. The molecule has 0 nitrogen and oxygen atoms in total. The minimum atomic E-state index is 0.0740. The van der Waals surface area contributed by atoms with E-state index in [2.05, 4.69) is 225 Å². The average molecular weight is 697 g/mol. The molecule has 7 rings (SSSR count). The highest BCUT2D eigenvalue weighted by Crippen LogP contribution is 2.33. The SMILES string of the molecule is CC(C)(C)c1ccc2ccc(C#Cc3cc(C#Cc4ccc5ccc(C(C)(C)C)ccc4-5)cc(C#Cc4ccc5ccc(C(C)(C)C)ccc4-5)c3)c-2cc1. The summed E-state index contributed by atoms with van der Waals surface area (Å²) >= 11 is 0. The van der Waals surface area contributed by atoms with Gasteiger partial charge in [-0.3, -0.25) is 0 Å². The Kier molecular flexibility index (Phi) is 9.49. The van der Waals surface area contributed by atoms with Crippen molar-refractivity contribution in [2.75, 3.05) is 0 Å². The average Bonchev–Trinajstić information content (AvgIpc) is 3.61. The molecule has 0 amide bonds. The van der Waals surface area contributed by atoms with Crippen molar-refractivity contribution in [3.8, 4) is 68.9 Å². The van der Waals surface area contributed by atoms with Gasteiger partial charge in [0.2, 0.25) is 0 Å². The fourth-order valence-electron chi connectivity index (χ4n) is 6.83. The van der Waals surface area contributed by atoms with Crippen molar-refractivity contribution in [1.29, 1.82) is 0 Å². The van der Waals surface area contributed by atoms with Gasteiger partial charge in [-0.2, -0.15) is 0 Å². The highest BCUT2D eigenvalue weighted by molar-refractivity contribution is 5.77. The van der Waals surface area contributed by atoms with Crippen molar-refractivity contribution in [1.82, 2.24) is 0 Å². The third-order valence-electron chi connectivity index (χ3n) is 10.3. The van der Waals surface area contributed by atoms with Crippen LogP contribution in [0.4, 0.5) is 0 Å². The lowest BCUT2D eigenvalue weighted by molar-refractivity contribution is 0.590. The van der Waals surface area contributed by atoms with E-state index in [4.69, 9.17) is 0 Å². The van der Waals surface area contributed by atoms with Crippen LogP contribution in [-0.4, -0.2) is 0 Å². The summed E-state index contributed by atoms with van der Waals surface area (Å²) < 4.78 is 0. The largest absolute Gasteiger partial charge is 0.0615 e. The zero-order valence-corrected chi connectivity index (χ0v) is 33.1. The first-order chi connectivity index (χ1) is 25.6. The Morgan fingerprint density at radius 1 is 0.278 bits per heavy atom. The molecule has 0 unspecified atom stereocenters. The van der Waals surface area contributed by atoms with E-state index in [-0.39, 0.29) is 16.2 Å². The van der Waals surface area contributed by atoms with Gasteiger partial charge < -0.3 is 0 Å². The number of hydrogen-bond donors (Lipinski definition) is 0. The van der Waals surface area contributed by atoms with Gasteiger partial charge in [-0.25, -0.2) is 0 Å². The fourth-order valence-corrected chi connectivity index (χ4v) is 6.83. The lowest BCUT2D eigenvalue weighted by atomic mass is 9.88. The predicted octanol–water partition coefficient (Wildman–Crippen LogP) is 13.1. The van der Waals surface area contributed by atoms with Crippen LogP contribution in [0.5, 0.6) is 0 Å². The van der Waals surface area contributed by atoms with Gasteiger partial charge in [-0.05, 0) is 103 Å². The second-order valence-electron chi connectivity index (χ2n) is 17.5. The second kappa shape index (κ2) is 14.1. The summed E-state index contributed by atoms with van der Waals surface area (Å²) in [5.74, 6) is 20.9. The van der Waals surface area contributed by atoms with Crippen molar-refractivity contribution < 1.29 is 0 Å². The molecule has 1 aromatic rings. The van der Waals surface area contributed by atoms with Crippen LogP contribution in [0.1, 0.15) is 112 Å². The molecule has 0 heteroatoms. The van der Waals surface area contributed by atoms with E-state index < -0.39 is 0 Å². The van der Waals surface area contributed by atoms with Gasteiger partial charge in [0, 0.05) is 33.4 Å². The molecule has 0 bridgehead atoms. The third kappa shape index (κ3) is 7.99. The molecule has 0 saturated heterocycles. The normalized spacial score (nSPS) is 11.7. The molecule has 0 saturated carbocycles. The summed E-state index contributed by atoms with van der Waals surface area (Å²) in [5.41, 5.74) is 16.9. The molecular formula is C54H48. The van der Waals surface area contributed by atoms with E-state index in [9.17, 15) is 0 Å². The maximum Gasteiger partial charge on any atom is 0.0327 e. The van der Waals surface area contributed by atoms with Crippen molar-refractivity contribution in [3.05, 3.63) is 177 Å². The monoisotopic (exact) mass is 696 g/mol. The van der Waals surface area contributed by atoms with Crippen LogP contribution in [-0.2, 0) is 16.2 Å². The Labute approximate surface area is 323 Å². The van der Waals surface area contributed by atoms with Gasteiger partial charge in [-0.1, -0.05) is 189 Å². The Hall–Kier alpha value is -6.00. The standard InChI is InChI=1S/C54H48/c1-52(2,3)46-25-22-43-19-16-40(49(43)31-28-46)13-10-37-34-38(11-14-41-17-20-44-23-26-47(53(4,5)6)29-32-50(41)44)36-39(35-37)12-15-42-18-21-45-24-27-48(54(7,8)9)30-33-51(42)45/h16-36H,1-9H3. The van der Waals surface area contributed by atoms with Crippen LogP contribution in [0, 0.1) is 35.5 Å². The molecule has 0 aliphatic heterocycles. The second-order valence-corrected chi connectivity index (χ2v) is 17.5. The molecule has 0 spiro atoms. The Morgan fingerprint density at radius 2 is 0.519 bits per heavy atom. The van der Waals surface area contributed by atoms with E-state index in [0.717, 1.165) is 50.1 Å². The first-order valence-corrected chi connectivity index (χ1v) is 18.9.